The fourth-order valence-electron chi connectivity index (χ4n) is 2.55. The summed E-state index contributed by atoms with van der Waals surface area (Å²) in [6.07, 6.45) is 0. The Morgan fingerprint density at radius 1 is 1.07 bits per heavy atom. The van der Waals surface area contributed by atoms with Crippen LogP contribution in [0.3, 0.4) is 0 Å². The fourth-order valence-corrected chi connectivity index (χ4v) is 3.36. The Balaban J connectivity index is 1.79. The minimum Gasteiger partial charge on any atom is -0.395 e. The van der Waals surface area contributed by atoms with Crippen LogP contribution >= 0.6 is 11.3 Å². The number of aliphatic hydroxyl groups is 2. The molecular formula is C17H17N5O4S. The molecule has 0 unspecified atom stereocenters. The molecule has 1 aromatic heterocycles. The average Bonchev–Trinajstić information content (AvgIpc) is 3.09. The third-order valence-electron chi connectivity index (χ3n) is 3.79. The highest BCUT2D eigenvalue weighted by atomic mass is 32.1. The van der Waals surface area contributed by atoms with Gasteiger partial charge in [-0.2, -0.15) is 0 Å². The first-order valence-electron chi connectivity index (χ1n) is 8.15. The summed E-state index contributed by atoms with van der Waals surface area (Å²) in [5, 5.41) is 37.8. The molecule has 0 saturated heterocycles. The van der Waals surface area contributed by atoms with Gasteiger partial charge in [0.25, 0.3) is 5.69 Å². The lowest BCUT2D eigenvalue weighted by molar-refractivity contribution is -0.383. The molecule has 2 N–H and O–H groups in total. The van der Waals surface area contributed by atoms with Crippen molar-refractivity contribution in [3.8, 4) is 0 Å². The van der Waals surface area contributed by atoms with Crippen molar-refractivity contribution in [1.82, 2.24) is 4.98 Å². The Morgan fingerprint density at radius 3 is 2.41 bits per heavy atom. The van der Waals surface area contributed by atoms with Crippen LogP contribution in [-0.4, -0.2) is 46.4 Å². The summed E-state index contributed by atoms with van der Waals surface area (Å²) in [5.74, 6) is 0. The number of non-ortho nitro benzene ring substituents is 1. The monoisotopic (exact) mass is 387 g/mol. The van der Waals surface area contributed by atoms with Crippen LogP contribution in [0.15, 0.2) is 52.7 Å². The first-order chi connectivity index (χ1) is 13.1. The summed E-state index contributed by atoms with van der Waals surface area (Å²) >= 11 is 1.23. The van der Waals surface area contributed by atoms with Crippen molar-refractivity contribution in [2.24, 2.45) is 10.2 Å². The third-order valence-corrected chi connectivity index (χ3v) is 4.69. The first kappa shape index (κ1) is 18.8. The summed E-state index contributed by atoms with van der Waals surface area (Å²) in [7, 11) is 0. The molecule has 3 aromatic rings. The van der Waals surface area contributed by atoms with Crippen molar-refractivity contribution in [3.05, 3.63) is 52.6 Å². The van der Waals surface area contributed by atoms with Crippen molar-refractivity contribution >= 4 is 43.7 Å². The van der Waals surface area contributed by atoms with E-state index >= 15 is 0 Å². The van der Waals surface area contributed by atoms with Crippen LogP contribution in [0, 0.1) is 10.1 Å². The van der Waals surface area contributed by atoms with E-state index in [1.54, 1.807) is 24.3 Å². The highest BCUT2D eigenvalue weighted by molar-refractivity contribution is 7.22. The van der Waals surface area contributed by atoms with E-state index in [0.717, 1.165) is 5.69 Å². The van der Waals surface area contributed by atoms with Crippen molar-refractivity contribution < 1.29 is 15.1 Å². The molecule has 2 aromatic carbocycles. The Labute approximate surface area is 158 Å². The maximum absolute atomic E-state index is 11.1. The molecule has 0 aliphatic rings. The van der Waals surface area contributed by atoms with Gasteiger partial charge in [0.2, 0.25) is 5.13 Å². The number of rotatable bonds is 8. The summed E-state index contributed by atoms with van der Waals surface area (Å²) in [6, 6.07) is 11.9. The van der Waals surface area contributed by atoms with Gasteiger partial charge >= 0.3 is 0 Å². The second-order valence-corrected chi connectivity index (χ2v) is 6.54. The van der Waals surface area contributed by atoms with Crippen molar-refractivity contribution in [2.75, 3.05) is 31.2 Å². The quantitative estimate of drug-likeness (QED) is 0.347. The second-order valence-electron chi connectivity index (χ2n) is 5.53. The lowest BCUT2D eigenvalue weighted by atomic mass is 10.2. The van der Waals surface area contributed by atoms with Crippen LogP contribution in [0.4, 0.5) is 22.2 Å². The molecule has 0 saturated carbocycles. The Bertz CT molecular complexity index is 952. The van der Waals surface area contributed by atoms with Gasteiger partial charge in [-0.25, -0.2) is 4.98 Å². The molecule has 0 spiro atoms. The van der Waals surface area contributed by atoms with Crippen molar-refractivity contribution in [2.45, 2.75) is 0 Å². The highest BCUT2D eigenvalue weighted by Crippen LogP contribution is 2.34. The summed E-state index contributed by atoms with van der Waals surface area (Å²) in [5.41, 5.74) is 1.70. The van der Waals surface area contributed by atoms with Gasteiger partial charge in [0.05, 0.1) is 28.5 Å². The molecule has 0 aliphatic heterocycles. The van der Waals surface area contributed by atoms with Gasteiger partial charge in [-0.3, -0.25) is 10.1 Å². The third kappa shape index (κ3) is 4.42. The number of aliphatic hydroxyl groups excluding tert-OH is 2. The fraction of sp³-hybridized carbons (Fsp3) is 0.235. The van der Waals surface area contributed by atoms with Crippen LogP contribution in [0.5, 0.6) is 0 Å². The molecule has 10 heteroatoms. The number of nitro benzene ring substituents is 1. The van der Waals surface area contributed by atoms with Gasteiger partial charge < -0.3 is 15.1 Å². The number of aromatic nitrogens is 1. The molecule has 0 atom stereocenters. The molecule has 27 heavy (non-hydrogen) atoms. The number of hydrogen-bond donors (Lipinski definition) is 2. The number of fused-ring (bicyclic) bond motifs is 1. The van der Waals surface area contributed by atoms with Crippen LogP contribution in [0.1, 0.15) is 0 Å². The first-order valence-corrected chi connectivity index (χ1v) is 8.96. The number of nitro groups is 1. The molecule has 1 heterocycles. The van der Waals surface area contributed by atoms with E-state index in [1.807, 2.05) is 17.0 Å². The number of azo groups is 1. The summed E-state index contributed by atoms with van der Waals surface area (Å²) in [6.45, 7) is 0.828. The predicted octanol–water partition coefficient (Wildman–Crippen LogP) is 3.41. The molecular weight excluding hydrogens is 370 g/mol. The van der Waals surface area contributed by atoms with Crippen molar-refractivity contribution in [1.29, 1.82) is 0 Å². The van der Waals surface area contributed by atoms with E-state index in [4.69, 9.17) is 10.2 Å². The predicted molar refractivity (Wildman–Crippen MR) is 103 cm³/mol. The van der Waals surface area contributed by atoms with Gasteiger partial charge in [0, 0.05) is 24.8 Å². The SMILES string of the molecule is O=[N+]([O-])c1cccc2sc(N=Nc3ccc(N(CCO)CCO)cc3)nc12. The van der Waals surface area contributed by atoms with Crippen molar-refractivity contribution in [3.63, 3.8) is 0 Å². The zero-order valence-corrected chi connectivity index (χ0v) is 15.0. The topological polar surface area (TPSA) is 124 Å². The number of para-hydroxylation sites is 1. The molecule has 0 fully saturated rings. The molecule has 140 valence electrons. The van der Waals surface area contributed by atoms with Gasteiger partial charge in [-0.05, 0) is 30.3 Å². The van der Waals surface area contributed by atoms with E-state index in [2.05, 4.69) is 15.2 Å². The highest BCUT2D eigenvalue weighted by Gasteiger charge is 2.15. The lowest BCUT2D eigenvalue weighted by Crippen LogP contribution is -2.29. The van der Waals surface area contributed by atoms with Crippen LogP contribution in [-0.2, 0) is 0 Å². The van der Waals surface area contributed by atoms with Crippen LogP contribution in [0.25, 0.3) is 10.2 Å². The van der Waals surface area contributed by atoms with Gasteiger partial charge in [-0.1, -0.05) is 17.4 Å². The minimum atomic E-state index is -0.466. The standard InChI is InChI=1S/C17H17N5O4S/c23-10-8-21(9-11-24)13-6-4-12(5-7-13)19-20-17-18-16-14(22(25)26)2-1-3-15(16)27-17/h1-7,23-24H,8-11H2. The molecule has 0 bridgehead atoms. The normalized spacial score (nSPS) is 11.3. The molecule has 3 rings (SSSR count). The summed E-state index contributed by atoms with van der Waals surface area (Å²) < 4.78 is 0.678. The molecule has 9 nitrogen and oxygen atoms in total. The number of hydrogen-bond acceptors (Lipinski definition) is 9. The molecule has 0 amide bonds. The van der Waals surface area contributed by atoms with Gasteiger partial charge in [0.15, 0.2) is 5.52 Å². The van der Waals surface area contributed by atoms with E-state index in [0.29, 0.717) is 34.1 Å². The molecule has 0 aliphatic carbocycles. The molecule has 0 radical (unpaired) electrons. The van der Waals surface area contributed by atoms with E-state index in [-0.39, 0.29) is 18.9 Å². The van der Waals surface area contributed by atoms with Gasteiger partial charge in [-0.15, -0.1) is 10.2 Å². The Morgan fingerprint density at radius 2 is 1.78 bits per heavy atom. The second kappa shape index (κ2) is 8.62. The van der Waals surface area contributed by atoms with E-state index in [9.17, 15) is 10.1 Å². The minimum absolute atomic E-state index is 0.00873. The Kier molecular flexibility index (Phi) is 6.01. The lowest BCUT2D eigenvalue weighted by Gasteiger charge is -2.22. The number of thiazole rings is 1. The van der Waals surface area contributed by atoms with E-state index < -0.39 is 4.92 Å². The maximum Gasteiger partial charge on any atom is 0.296 e. The summed E-state index contributed by atoms with van der Waals surface area (Å²) in [4.78, 5) is 16.6. The number of benzene rings is 2. The smallest absolute Gasteiger partial charge is 0.296 e. The zero-order valence-electron chi connectivity index (χ0n) is 14.2. The van der Waals surface area contributed by atoms with Gasteiger partial charge in [0.1, 0.15) is 0 Å². The van der Waals surface area contributed by atoms with Crippen LogP contribution in [0.2, 0.25) is 0 Å². The van der Waals surface area contributed by atoms with Crippen LogP contribution < -0.4 is 4.90 Å². The average molecular weight is 387 g/mol. The zero-order chi connectivity index (χ0) is 19.2. The number of nitrogens with zero attached hydrogens (tertiary/aromatic N) is 5. The largest absolute Gasteiger partial charge is 0.395 e. The Hall–Kier alpha value is -2.95. The van der Waals surface area contributed by atoms with E-state index in [1.165, 1.54) is 17.4 Å². The number of anilines is 1. The maximum atomic E-state index is 11.1.